The van der Waals surface area contributed by atoms with Gasteiger partial charge in [-0.2, -0.15) is 0 Å². The van der Waals surface area contributed by atoms with Gasteiger partial charge in [-0.25, -0.2) is 0 Å². The number of methoxy groups -OCH3 is 1. The van der Waals surface area contributed by atoms with Crippen LogP contribution in [0.5, 0.6) is 5.75 Å². The highest BCUT2D eigenvalue weighted by Gasteiger charge is 2.27. The molecule has 1 atom stereocenters. The first-order chi connectivity index (χ1) is 11.1. The van der Waals surface area contributed by atoms with E-state index in [1.54, 1.807) is 26.2 Å². The van der Waals surface area contributed by atoms with Crippen molar-refractivity contribution in [2.45, 2.75) is 38.3 Å². The van der Waals surface area contributed by atoms with Crippen LogP contribution in [-0.4, -0.2) is 31.1 Å². The van der Waals surface area contributed by atoms with E-state index < -0.39 is 12.1 Å². The van der Waals surface area contributed by atoms with Gasteiger partial charge in [0.25, 0.3) is 5.91 Å². The van der Waals surface area contributed by atoms with Gasteiger partial charge in [0.05, 0.1) is 19.8 Å². The molecule has 1 aliphatic rings. The van der Waals surface area contributed by atoms with Crippen molar-refractivity contribution in [3.8, 4) is 5.75 Å². The minimum Gasteiger partial charge on any atom is -0.497 e. The molecule has 1 amide bonds. The zero-order valence-corrected chi connectivity index (χ0v) is 13.1. The van der Waals surface area contributed by atoms with Crippen molar-refractivity contribution in [2.24, 2.45) is 0 Å². The third-order valence-electron chi connectivity index (χ3n) is 3.80. The van der Waals surface area contributed by atoms with E-state index >= 15 is 0 Å². The van der Waals surface area contributed by atoms with E-state index in [9.17, 15) is 9.59 Å². The Balaban J connectivity index is 1.62. The van der Waals surface area contributed by atoms with E-state index in [2.05, 4.69) is 5.32 Å². The van der Waals surface area contributed by atoms with E-state index in [1.165, 1.54) is 6.26 Å². The van der Waals surface area contributed by atoms with Crippen LogP contribution in [0.15, 0.2) is 28.9 Å². The number of carbonyl (C=O) groups is 2. The predicted octanol–water partition coefficient (Wildman–Crippen LogP) is 2.19. The van der Waals surface area contributed by atoms with Gasteiger partial charge < -0.3 is 19.2 Å². The summed E-state index contributed by atoms with van der Waals surface area (Å²) in [5.41, 5.74) is 1.37. The highest BCUT2D eigenvalue weighted by atomic mass is 16.5. The lowest BCUT2D eigenvalue weighted by Gasteiger charge is -2.12. The van der Waals surface area contributed by atoms with Gasteiger partial charge in [-0.15, -0.1) is 0 Å². The number of hydrogen-bond donors (Lipinski definition) is 1. The molecule has 2 aromatic rings. The quantitative estimate of drug-likeness (QED) is 0.826. The second kappa shape index (κ2) is 6.32. The molecule has 0 saturated heterocycles. The van der Waals surface area contributed by atoms with Crippen molar-refractivity contribution in [1.29, 1.82) is 0 Å². The lowest BCUT2D eigenvalue weighted by Crippen LogP contribution is -2.37. The van der Waals surface area contributed by atoms with Crippen LogP contribution < -0.4 is 10.1 Å². The first-order valence-electron chi connectivity index (χ1n) is 7.61. The van der Waals surface area contributed by atoms with Crippen molar-refractivity contribution in [2.75, 3.05) is 7.11 Å². The SMILES string of the molecule is COc1ccc2c(CC(=O)OC(C)C(=O)NC3CC3)coc2c1. The minimum atomic E-state index is -0.790. The number of rotatable bonds is 6. The molecule has 3 rings (SSSR count). The number of furan rings is 1. The normalized spacial score (nSPS) is 15.2. The fourth-order valence-corrected chi connectivity index (χ4v) is 2.32. The van der Waals surface area contributed by atoms with Gasteiger partial charge in [0, 0.05) is 23.1 Å². The minimum absolute atomic E-state index is 0.0559. The summed E-state index contributed by atoms with van der Waals surface area (Å²) in [6.45, 7) is 1.58. The molecule has 0 aliphatic heterocycles. The van der Waals surface area contributed by atoms with Crippen LogP contribution in [-0.2, 0) is 20.7 Å². The summed E-state index contributed by atoms with van der Waals surface area (Å²) in [6.07, 6.45) is 2.79. The number of ether oxygens (including phenoxy) is 2. The van der Waals surface area contributed by atoms with E-state index in [0.29, 0.717) is 11.3 Å². The summed E-state index contributed by atoms with van der Waals surface area (Å²) in [5, 5.41) is 3.64. The van der Waals surface area contributed by atoms with Crippen molar-refractivity contribution in [1.82, 2.24) is 5.32 Å². The van der Waals surface area contributed by atoms with Crippen molar-refractivity contribution in [3.63, 3.8) is 0 Å². The average molecular weight is 317 g/mol. The summed E-state index contributed by atoms with van der Waals surface area (Å²) in [7, 11) is 1.58. The molecule has 1 aromatic carbocycles. The smallest absolute Gasteiger partial charge is 0.311 e. The molecule has 23 heavy (non-hydrogen) atoms. The molecular weight excluding hydrogens is 298 g/mol. The maximum atomic E-state index is 12.0. The Morgan fingerprint density at radius 3 is 2.87 bits per heavy atom. The lowest BCUT2D eigenvalue weighted by atomic mass is 10.1. The zero-order chi connectivity index (χ0) is 16.4. The third kappa shape index (κ3) is 3.64. The van der Waals surface area contributed by atoms with Gasteiger partial charge in [0.2, 0.25) is 0 Å². The molecule has 1 saturated carbocycles. The van der Waals surface area contributed by atoms with Gasteiger partial charge >= 0.3 is 5.97 Å². The number of amides is 1. The topological polar surface area (TPSA) is 77.8 Å². The Hall–Kier alpha value is -2.50. The molecule has 1 fully saturated rings. The fraction of sp³-hybridized carbons (Fsp3) is 0.412. The summed E-state index contributed by atoms with van der Waals surface area (Å²) in [4.78, 5) is 23.8. The summed E-state index contributed by atoms with van der Waals surface area (Å²) in [6, 6.07) is 5.65. The number of esters is 1. The molecule has 6 heteroatoms. The number of hydrogen-bond acceptors (Lipinski definition) is 5. The summed E-state index contributed by atoms with van der Waals surface area (Å²) >= 11 is 0. The molecular formula is C17H19NO5. The molecule has 0 bridgehead atoms. The maximum Gasteiger partial charge on any atom is 0.311 e. The largest absolute Gasteiger partial charge is 0.497 e. The Kier molecular flexibility index (Phi) is 4.23. The van der Waals surface area contributed by atoms with E-state index in [4.69, 9.17) is 13.9 Å². The van der Waals surface area contributed by atoms with Gasteiger partial charge in [0.1, 0.15) is 11.3 Å². The standard InChI is InChI=1S/C17H19NO5/c1-10(17(20)18-12-3-4-12)23-16(19)7-11-9-22-15-8-13(21-2)5-6-14(11)15/h5-6,8-10,12H,3-4,7H2,1-2H3,(H,18,20). The van der Waals surface area contributed by atoms with Gasteiger partial charge in [-0.3, -0.25) is 9.59 Å². The summed E-state index contributed by atoms with van der Waals surface area (Å²) in [5.74, 6) is -0.0176. The molecule has 6 nitrogen and oxygen atoms in total. The van der Waals surface area contributed by atoms with Gasteiger partial charge in [-0.05, 0) is 31.9 Å². The molecule has 1 heterocycles. The number of nitrogens with one attached hydrogen (secondary N) is 1. The van der Waals surface area contributed by atoms with Crippen LogP contribution in [0.3, 0.4) is 0 Å². The Morgan fingerprint density at radius 1 is 1.39 bits per heavy atom. The fourth-order valence-electron chi connectivity index (χ4n) is 2.32. The molecule has 1 aliphatic carbocycles. The van der Waals surface area contributed by atoms with Gasteiger partial charge in [0.15, 0.2) is 6.10 Å². The second-order valence-electron chi connectivity index (χ2n) is 5.71. The maximum absolute atomic E-state index is 12.0. The van der Waals surface area contributed by atoms with Crippen molar-refractivity contribution >= 4 is 22.8 Å². The second-order valence-corrected chi connectivity index (χ2v) is 5.71. The Morgan fingerprint density at radius 2 is 2.17 bits per heavy atom. The van der Waals surface area contributed by atoms with Gasteiger partial charge in [-0.1, -0.05) is 0 Å². The van der Waals surface area contributed by atoms with E-state index in [-0.39, 0.29) is 18.4 Å². The predicted molar refractivity (Wildman–Crippen MR) is 83.2 cm³/mol. The monoisotopic (exact) mass is 317 g/mol. The first kappa shape index (κ1) is 15.4. The third-order valence-corrected chi connectivity index (χ3v) is 3.80. The summed E-state index contributed by atoms with van der Waals surface area (Å²) < 4.78 is 15.8. The first-order valence-corrected chi connectivity index (χ1v) is 7.61. The molecule has 0 radical (unpaired) electrons. The molecule has 1 aromatic heterocycles. The van der Waals surface area contributed by atoms with Crippen LogP contribution in [0, 0.1) is 0 Å². The molecule has 1 unspecified atom stereocenters. The Labute approximate surface area is 133 Å². The van der Waals surface area contributed by atoms with Crippen LogP contribution in [0.4, 0.5) is 0 Å². The number of fused-ring (bicyclic) bond motifs is 1. The lowest BCUT2D eigenvalue weighted by molar-refractivity contribution is -0.154. The van der Waals surface area contributed by atoms with Crippen molar-refractivity contribution < 1.29 is 23.5 Å². The van der Waals surface area contributed by atoms with Crippen LogP contribution >= 0.6 is 0 Å². The number of benzene rings is 1. The molecule has 122 valence electrons. The number of carbonyl (C=O) groups excluding carboxylic acids is 2. The molecule has 1 N–H and O–H groups in total. The van der Waals surface area contributed by atoms with Crippen LogP contribution in [0.25, 0.3) is 11.0 Å². The van der Waals surface area contributed by atoms with Crippen molar-refractivity contribution in [3.05, 3.63) is 30.0 Å². The average Bonchev–Trinajstić information content (AvgIpc) is 3.26. The Bertz CT molecular complexity index is 732. The van der Waals surface area contributed by atoms with Crippen LogP contribution in [0.1, 0.15) is 25.3 Å². The highest BCUT2D eigenvalue weighted by molar-refractivity contribution is 5.88. The van der Waals surface area contributed by atoms with E-state index in [1.807, 2.05) is 6.07 Å². The zero-order valence-electron chi connectivity index (χ0n) is 13.1. The van der Waals surface area contributed by atoms with Crippen LogP contribution in [0.2, 0.25) is 0 Å². The highest BCUT2D eigenvalue weighted by Crippen LogP contribution is 2.26. The molecule has 0 spiro atoms. The van der Waals surface area contributed by atoms with E-state index in [0.717, 1.165) is 23.8 Å².